The summed E-state index contributed by atoms with van der Waals surface area (Å²) in [5, 5.41) is 36.1. The minimum absolute atomic E-state index is 0.147. The molecule has 0 saturated heterocycles. The number of hydrazone groups is 2. The maximum atomic E-state index is 11.2. The molecule has 0 amide bonds. The molecule has 92 heavy (non-hydrogen) atoms. The molecule has 0 aromatic heterocycles. The van der Waals surface area contributed by atoms with Crippen LogP contribution in [0.2, 0.25) is 0 Å². The number of benzene rings is 10. The molecule has 10 aromatic carbocycles. The average Bonchev–Trinajstić information content (AvgIpc) is 1.17. The first-order valence-corrected chi connectivity index (χ1v) is 36.6. The Bertz CT molecular complexity index is 3540. The molecule has 0 radical (unpaired) electrons. The fourth-order valence-electron chi connectivity index (χ4n) is 9.72. The molecule has 0 aliphatic rings. The molecule has 0 saturated carbocycles. The zero-order chi connectivity index (χ0) is 63.7. The summed E-state index contributed by atoms with van der Waals surface area (Å²) in [6.45, 7) is 12.4. The molecule has 2 atom stereocenters. The standard InChI is InChI=1S/C76H76N6O4S6/c1-5-79(6-2)63-31-29-57(51-77-81(59-21-13-9-14-22-59)60-23-15-10-16-24-60)75(49-63)85-53-65(83)55-87-67-33-37-69(38-34-67)89-71-41-45-73(46-42-71)91-92-74-47-43-72(44-48-74)90-70-39-35-68(36-40-70)88-56-66(84)54-86-76-50-64(80(7-3)8-4)32-30-58(76)52-78-82(61-25-17-11-18-26-61)62-27-19-12-20-28-62/h9-52,65-66,83-84H,5-8,53-56H2,1-4H3/b77-51+,78-52+. The van der Waals surface area contributed by atoms with Crippen molar-refractivity contribution < 1.29 is 19.7 Å². The minimum Gasteiger partial charge on any atom is -0.490 e. The minimum atomic E-state index is -0.687. The zero-order valence-corrected chi connectivity index (χ0v) is 57.0. The van der Waals surface area contributed by atoms with Crippen molar-refractivity contribution in [1.29, 1.82) is 0 Å². The Balaban J connectivity index is 0.650. The van der Waals surface area contributed by atoms with Gasteiger partial charge in [-0.15, -0.1) is 23.5 Å². The fraction of sp³-hybridized carbons (Fsp3) is 0.184. The van der Waals surface area contributed by atoms with E-state index in [-0.39, 0.29) is 13.2 Å². The van der Waals surface area contributed by atoms with Gasteiger partial charge in [-0.25, -0.2) is 10.0 Å². The highest BCUT2D eigenvalue weighted by Gasteiger charge is 2.17. The Morgan fingerprint density at radius 1 is 0.348 bits per heavy atom. The second-order valence-electron chi connectivity index (χ2n) is 21.1. The van der Waals surface area contributed by atoms with Gasteiger partial charge >= 0.3 is 0 Å². The number of hydrogen-bond donors (Lipinski definition) is 2. The molecule has 470 valence electrons. The highest BCUT2D eigenvalue weighted by Crippen LogP contribution is 2.41. The monoisotopic (exact) mass is 1330 g/mol. The van der Waals surface area contributed by atoms with E-state index in [1.165, 1.54) is 19.6 Å². The van der Waals surface area contributed by atoms with Crippen molar-refractivity contribution in [2.75, 3.05) is 70.7 Å². The summed E-state index contributed by atoms with van der Waals surface area (Å²) in [7, 11) is 3.51. The SMILES string of the molecule is CCN(CC)c1ccc(/C=N/N(c2ccccc2)c2ccccc2)c(OCC(O)CSc2ccc(Sc3ccc(SSc4ccc(Sc5ccc(SCC(O)COc6cc(N(CC)CC)ccc6/C=N/N(c6ccccc6)c6ccccc6)cc5)cc4)cc3)cc2)c1. The van der Waals surface area contributed by atoms with Gasteiger partial charge in [-0.3, -0.25) is 0 Å². The lowest BCUT2D eigenvalue weighted by atomic mass is 10.1. The second kappa shape index (κ2) is 35.4. The van der Waals surface area contributed by atoms with Gasteiger partial charge in [0.05, 0.1) is 47.4 Å². The van der Waals surface area contributed by atoms with Gasteiger partial charge in [0.1, 0.15) is 24.7 Å². The molecule has 10 aromatic rings. The first kappa shape index (κ1) is 67.3. The van der Waals surface area contributed by atoms with Crippen LogP contribution in [0.25, 0.3) is 0 Å². The summed E-state index contributed by atoms with van der Waals surface area (Å²) in [5.74, 6) is 2.33. The fourth-order valence-corrected chi connectivity index (χ4v) is 14.9. The third-order valence-electron chi connectivity index (χ3n) is 14.6. The zero-order valence-electron chi connectivity index (χ0n) is 52.1. The first-order valence-electron chi connectivity index (χ1n) is 30.8. The number of aliphatic hydroxyl groups is 2. The molecule has 0 aliphatic carbocycles. The van der Waals surface area contributed by atoms with Gasteiger partial charge in [-0.2, -0.15) is 10.2 Å². The molecule has 0 spiro atoms. The van der Waals surface area contributed by atoms with Gasteiger partial charge in [0, 0.05) is 111 Å². The molecule has 2 N–H and O–H groups in total. The Labute approximate surface area is 568 Å². The number of aliphatic hydroxyl groups excluding tert-OH is 2. The summed E-state index contributed by atoms with van der Waals surface area (Å²) in [6, 6.07) is 87.2. The predicted molar refractivity (Wildman–Crippen MR) is 395 cm³/mol. The Morgan fingerprint density at radius 3 is 0.924 bits per heavy atom. The molecule has 2 unspecified atom stereocenters. The lowest BCUT2D eigenvalue weighted by Crippen LogP contribution is -2.23. The second-order valence-corrected chi connectivity index (χ2v) is 27.8. The van der Waals surface area contributed by atoms with Gasteiger partial charge in [0.2, 0.25) is 0 Å². The molecule has 16 heteroatoms. The maximum absolute atomic E-state index is 11.2. The van der Waals surface area contributed by atoms with Crippen LogP contribution < -0.4 is 29.3 Å². The lowest BCUT2D eigenvalue weighted by Gasteiger charge is -2.23. The van der Waals surface area contributed by atoms with Crippen LogP contribution in [0.15, 0.2) is 304 Å². The number of thioether (sulfide) groups is 2. The van der Waals surface area contributed by atoms with Crippen molar-refractivity contribution in [3.8, 4) is 11.5 Å². The molecule has 10 nitrogen and oxygen atoms in total. The molecule has 0 heterocycles. The molecule has 0 bridgehead atoms. The third-order valence-corrected chi connectivity index (χ3v) is 21.4. The van der Waals surface area contributed by atoms with Crippen molar-refractivity contribution in [1.82, 2.24) is 0 Å². The van der Waals surface area contributed by atoms with Crippen LogP contribution in [0, 0.1) is 0 Å². The smallest absolute Gasteiger partial charge is 0.130 e. The van der Waals surface area contributed by atoms with Crippen LogP contribution in [0.1, 0.15) is 38.8 Å². The van der Waals surface area contributed by atoms with Crippen molar-refractivity contribution >= 4 is 115 Å². The number of ether oxygens (including phenoxy) is 2. The van der Waals surface area contributed by atoms with Crippen molar-refractivity contribution in [3.63, 3.8) is 0 Å². The average molecular weight is 1330 g/mol. The van der Waals surface area contributed by atoms with Crippen LogP contribution in [-0.2, 0) is 0 Å². The van der Waals surface area contributed by atoms with Crippen LogP contribution in [-0.4, -0.2) is 85.7 Å². The lowest BCUT2D eigenvalue weighted by molar-refractivity contribution is 0.126. The Hall–Kier alpha value is -7.64. The van der Waals surface area contributed by atoms with Crippen LogP contribution >= 0.6 is 68.6 Å². The Kier molecular flexibility index (Phi) is 25.9. The molecule has 0 fully saturated rings. The van der Waals surface area contributed by atoms with Gasteiger partial charge < -0.3 is 29.5 Å². The van der Waals surface area contributed by atoms with E-state index in [0.29, 0.717) is 23.0 Å². The van der Waals surface area contributed by atoms with Crippen molar-refractivity contribution in [2.45, 2.75) is 79.1 Å². The van der Waals surface area contributed by atoms with E-state index in [2.05, 4.69) is 159 Å². The summed E-state index contributed by atoms with van der Waals surface area (Å²) in [4.78, 5) is 13.8. The van der Waals surface area contributed by atoms with Gasteiger partial charge in [0.25, 0.3) is 0 Å². The largest absolute Gasteiger partial charge is 0.490 e. The number of anilines is 6. The van der Waals surface area contributed by atoms with Crippen molar-refractivity contribution in [2.24, 2.45) is 10.2 Å². The number of hydrogen-bond acceptors (Lipinski definition) is 16. The number of rotatable bonds is 33. The van der Waals surface area contributed by atoms with E-state index in [1.54, 1.807) is 68.6 Å². The van der Waals surface area contributed by atoms with Gasteiger partial charge in [-0.05, 0) is 198 Å². The summed E-state index contributed by atoms with van der Waals surface area (Å²) < 4.78 is 12.8. The van der Waals surface area contributed by atoms with Crippen LogP contribution in [0.5, 0.6) is 11.5 Å². The van der Waals surface area contributed by atoms with Crippen LogP contribution in [0.4, 0.5) is 34.1 Å². The molecule has 10 rings (SSSR count). The predicted octanol–water partition coefficient (Wildman–Crippen LogP) is 19.9. The van der Waals surface area contributed by atoms with E-state index in [1.807, 2.05) is 156 Å². The highest BCUT2D eigenvalue weighted by atomic mass is 33.1. The van der Waals surface area contributed by atoms with E-state index >= 15 is 0 Å². The maximum Gasteiger partial charge on any atom is 0.130 e. The summed E-state index contributed by atoms with van der Waals surface area (Å²) in [6.07, 6.45) is 2.29. The molecular formula is C76H76N6O4S6. The van der Waals surface area contributed by atoms with E-state index in [0.717, 1.165) is 91.0 Å². The number of para-hydroxylation sites is 4. The number of nitrogens with zero attached hydrogens (tertiary/aromatic N) is 6. The summed E-state index contributed by atoms with van der Waals surface area (Å²) >= 11 is 6.71. The van der Waals surface area contributed by atoms with E-state index in [9.17, 15) is 10.2 Å². The molecule has 0 aliphatic heterocycles. The molecular weight excluding hydrogens is 1250 g/mol. The van der Waals surface area contributed by atoms with E-state index in [4.69, 9.17) is 19.7 Å². The normalized spacial score (nSPS) is 12.0. The third kappa shape index (κ3) is 19.9. The quantitative estimate of drug-likeness (QED) is 0.0177. The van der Waals surface area contributed by atoms with Gasteiger partial charge in [0.15, 0.2) is 0 Å². The van der Waals surface area contributed by atoms with Crippen molar-refractivity contribution in [3.05, 3.63) is 266 Å². The first-order chi connectivity index (χ1) is 45.2. The summed E-state index contributed by atoms with van der Waals surface area (Å²) in [5.41, 5.74) is 7.56. The topological polar surface area (TPSA) is 96.6 Å². The van der Waals surface area contributed by atoms with Crippen LogP contribution in [0.3, 0.4) is 0 Å². The van der Waals surface area contributed by atoms with Gasteiger partial charge in [-0.1, -0.05) is 118 Å². The van der Waals surface area contributed by atoms with E-state index < -0.39 is 12.2 Å². The Morgan fingerprint density at radius 2 is 0.630 bits per heavy atom. The highest BCUT2D eigenvalue weighted by molar-refractivity contribution is 8.76.